The molecular weight excluding hydrogens is 228 g/mol. The predicted octanol–water partition coefficient (Wildman–Crippen LogP) is 0.975. The average molecular weight is 250 g/mol. The molecule has 0 aliphatic carbocycles. The van der Waals surface area contributed by atoms with E-state index in [1.165, 1.54) is 0 Å². The Kier molecular flexibility index (Phi) is 4.36. The van der Waals surface area contributed by atoms with Crippen molar-refractivity contribution in [2.24, 2.45) is 5.92 Å². The van der Waals surface area contributed by atoms with Crippen LogP contribution < -0.4 is 5.32 Å². The van der Waals surface area contributed by atoms with Crippen molar-refractivity contribution in [3.8, 4) is 0 Å². The van der Waals surface area contributed by atoms with Crippen LogP contribution in [0.2, 0.25) is 0 Å². The first kappa shape index (κ1) is 13.1. The minimum absolute atomic E-state index is 0.0742. The molecule has 0 unspecified atom stereocenters. The largest absolute Gasteiger partial charge is 0.337 e. The summed E-state index contributed by atoms with van der Waals surface area (Å²) in [5, 5.41) is 3.08. The molecule has 1 aliphatic heterocycles. The van der Waals surface area contributed by atoms with Gasteiger partial charge in [0.2, 0.25) is 0 Å². The number of hydrogen-bond donors (Lipinski definition) is 1. The minimum Gasteiger partial charge on any atom is -0.337 e. The van der Waals surface area contributed by atoms with Gasteiger partial charge >= 0.3 is 0 Å². The van der Waals surface area contributed by atoms with Gasteiger partial charge in [-0.15, -0.1) is 0 Å². The summed E-state index contributed by atoms with van der Waals surface area (Å²) < 4.78 is 1.95. The number of hydrogen-bond acceptors (Lipinski definition) is 3. The van der Waals surface area contributed by atoms with Crippen LogP contribution in [-0.4, -0.2) is 47.0 Å². The van der Waals surface area contributed by atoms with E-state index in [1.807, 2.05) is 22.7 Å². The Labute approximate surface area is 108 Å². The maximum atomic E-state index is 12.2. The first-order valence-corrected chi connectivity index (χ1v) is 6.66. The third-order valence-electron chi connectivity index (χ3n) is 3.54. The number of nitrogens with zero attached hydrogens (tertiary/aromatic N) is 3. The Bertz CT molecular complexity index is 393. The van der Waals surface area contributed by atoms with E-state index in [0.29, 0.717) is 5.69 Å². The fraction of sp³-hybridized carbons (Fsp3) is 0.692. The first-order valence-electron chi connectivity index (χ1n) is 6.66. The molecule has 1 amide bonds. The maximum absolute atomic E-state index is 12.2. The molecule has 2 rings (SSSR count). The van der Waals surface area contributed by atoms with Gasteiger partial charge in [-0.05, 0) is 25.8 Å². The van der Waals surface area contributed by atoms with Crippen LogP contribution >= 0.6 is 0 Å². The number of likely N-dealkylation sites (N-methyl/N-ethyl adjacent to an activating group) is 1. The summed E-state index contributed by atoms with van der Waals surface area (Å²) in [6, 6.07) is 0. The van der Waals surface area contributed by atoms with Crippen molar-refractivity contribution in [2.75, 3.05) is 26.7 Å². The highest BCUT2D eigenvalue weighted by atomic mass is 16.2. The molecular formula is C13H22N4O. The van der Waals surface area contributed by atoms with Crippen LogP contribution in [0.3, 0.4) is 0 Å². The van der Waals surface area contributed by atoms with Crippen molar-refractivity contribution >= 4 is 5.91 Å². The van der Waals surface area contributed by atoms with Crippen LogP contribution in [0.5, 0.6) is 0 Å². The molecule has 0 spiro atoms. The van der Waals surface area contributed by atoms with E-state index in [4.69, 9.17) is 0 Å². The molecule has 100 valence electrons. The van der Waals surface area contributed by atoms with Crippen LogP contribution in [-0.2, 0) is 6.54 Å². The summed E-state index contributed by atoms with van der Waals surface area (Å²) in [4.78, 5) is 18.4. The monoisotopic (exact) mass is 250 g/mol. The zero-order valence-electron chi connectivity index (χ0n) is 11.2. The third-order valence-corrected chi connectivity index (χ3v) is 3.54. The molecule has 1 aromatic heterocycles. The van der Waals surface area contributed by atoms with Crippen LogP contribution in [0.15, 0.2) is 12.5 Å². The SMILES string of the molecule is CNCCn1cnc(C(=O)N2CCC(C)CC2)c1. The van der Waals surface area contributed by atoms with Crippen LogP contribution in [0.25, 0.3) is 0 Å². The van der Waals surface area contributed by atoms with E-state index in [9.17, 15) is 4.79 Å². The Hall–Kier alpha value is -1.36. The molecule has 1 fully saturated rings. The molecule has 0 aromatic carbocycles. The summed E-state index contributed by atoms with van der Waals surface area (Å²) in [5.41, 5.74) is 0.570. The lowest BCUT2D eigenvalue weighted by molar-refractivity contribution is 0.0691. The van der Waals surface area contributed by atoms with Crippen LogP contribution in [0.1, 0.15) is 30.3 Å². The van der Waals surface area contributed by atoms with E-state index in [2.05, 4.69) is 17.2 Å². The molecule has 5 heteroatoms. The molecule has 0 radical (unpaired) electrons. The second-order valence-corrected chi connectivity index (χ2v) is 5.08. The zero-order chi connectivity index (χ0) is 13.0. The molecule has 0 bridgehead atoms. The van der Waals surface area contributed by atoms with Gasteiger partial charge in [0, 0.05) is 32.4 Å². The lowest BCUT2D eigenvalue weighted by Crippen LogP contribution is -2.38. The second kappa shape index (κ2) is 6.00. The Morgan fingerprint density at radius 1 is 1.50 bits per heavy atom. The van der Waals surface area contributed by atoms with Crippen molar-refractivity contribution in [3.05, 3.63) is 18.2 Å². The van der Waals surface area contributed by atoms with Gasteiger partial charge in [-0.25, -0.2) is 4.98 Å². The normalized spacial score (nSPS) is 17.1. The van der Waals surface area contributed by atoms with Crippen molar-refractivity contribution in [2.45, 2.75) is 26.3 Å². The van der Waals surface area contributed by atoms with Gasteiger partial charge in [-0.2, -0.15) is 0 Å². The summed E-state index contributed by atoms with van der Waals surface area (Å²) in [6.45, 7) is 5.69. The van der Waals surface area contributed by atoms with E-state index >= 15 is 0 Å². The number of rotatable bonds is 4. The number of amides is 1. The highest BCUT2D eigenvalue weighted by Crippen LogP contribution is 2.17. The van der Waals surface area contributed by atoms with Gasteiger partial charge in [-0.3, -0.25) is 4.79 Å². The molecule has 1 aliphatic rings. The number of nitrogens with one attached hydrogen (secondary N) is 1. The van der Waals surface area contributed by atoms with Gasteiger partial charge in [-0.1, -0.05) is 6.92 Å². The van der Waals surface area contributed by atoms with Crippen molar-refractivity contribution in [1.82, 2.24) is 19.8 Å². The Morgan fingerprint density at radius 2 is 2.22 bits per heavy atom. The Balaban J connectivity index is 1.94. The van der Waals surface area contributed by atoms with Crippen molar-refractivity contribution in [3.63, 3.8) is 0 Å². The quantitative estimate of drug-likeness (QED) is 0.866. The number of likely N-dealkylation sites (tertiary alicyclic amines) is 1. The van der Waals surface area contributed by atoms with Crippen molar-refractivity contribution in [1.29, 1.82) is 0 Å². The van der Waals surface area contributed by atoms with Crippen LogP contribution in [0.4, 0.5) is 0 Å². The molecule has 2 heterocycles. The molecule has 1 aromatic rings. The standard InChI is InChI=1S/C13H22N4O/c1-11-3-6-17(7-4-11)13(18)12-9-16(10-15-12)8-5-14-2/h9-11,14H,3-8H2,1-2H3. The summed E-state index contributed by atoms with van der Waals surface area (Å²) in [7, 11) is 1.91. The van der Waals surface area contributed by atoms with Gasteiger partial charge in [0.15, 0.2) is 0 Å². The zero-order valence-corrected chi connectivity index (χ0v) is 11.2. The number of piperidine rings is 1. The minimum atomic E-state index is 0.0742. The second-order valence-electron chi connectivity index (χ2n) is 5.08. The summed E-state index contributed by atoms with van der Waals surface area (Å²) >= 11 is 0. The first-order chi connectivity index (χ1) is 8.70. The maximum Gasteiger partial charge on any atom is 0.274 e. The van der Waals surface area contributed by atoms with Crippen LogP contribution in [0, 0.1) is 5.92 Å². The number of imidazole rings is 1. The molecule has 18 heavy (non-hydrogen) atoms. The van der Waals surface area contributed by atoms with E-state index < -0.39 is 0 Å². The Morgan fingerprint density at radius 3 is 2.89 bits per heavy atom. The number of carbonyl (C=O) groups is 1. The fourth-order valence-electron chi connectivity index (χ4n) is 2.21. The lowest BCUT2D eigenvalue weighted by Gasteiger charge is -2.29. The third kappa shape index (κ3) is 3.10. The summed E-state index contributed by atoms with van der Waals surface area (Å²) in [6.07, 6.45) is 5.78. The molecule has 5 nitrogen and oxygen atoms in total. The smallest absolute Gasteiger partial charge is 0.274 e. The van der Waals surface area contributed by atoms with E-state index in [0.717, 1.165) is 44.9 Å². The van der Waals surface area contributed by atoms with Gasteiger partial charge in [0.05, 0.1) is 6.33 Å². The summed E-state index contributed by atoms with van der Waals surface area (Å²) in [5.74, 6) is 0.812. The van der Waals surface area contributed by atoms with Gasteiger partial charge < -0.3 is 14.8 Å². The highest BCUT2D eigenvalue weighted by Gasteiger charge is 2.22. The predicted molar refractivity (Wildman–Crippen MR) is 70.5 cm³/mol. The molecule has 1 N–H and O–H groups in total. The number of aromatic nitrogens is 2. The topological polar surface area (TPSA) is 50.2 Å². The number of carbonyl (C=O) groups excluding carboxylic acids is 1. The van der Waals surface area contributed by atoms with Crippen molar-refractivity contribution < 1.29 is 4.79 Å². The fourth-order valence-corrected chi connectivity index (χ4v) is 2.21. The lowest BCUT2D eigenvalue weighted by atomic mass is 9.99. The van der Waals surface area contributed by atoms with Gasteiger partial charge in [0.1, 0.15) is 5.69 Å². The van der Waals surface area contributed by atoms with Gasteiger partial charge in [0.25, 0.3) is 5.91 Å². The van der Waals surface area contributed by atoms with E-state index in [1.54, 1.807) is 6.33 Å². The molecule has 1 saturated heterocycles. The average Bonchev–Trinajstić information content (AvgIpc) is 2.85. The van der Waals surface area contributed by atoms with E-state index in [-0.39, 0.29) is 5.91 Å². The molecule has 0 saturated carbocycles. The molecule has 0 atom stereocenters. The highest BCUT2D eigenvalue weighted by molar-refractivity contribution is 5.92.